The number of hydrogen-bond donors (Lipinski definition) is 1. The van der Waals surface area contributed by atoms with Crippen LogP contribution in [0.4, 0.5) is 0 Å². The molecule has 1 aliphatic rings. The van der Waals surface area contributed by atoms with Crippen molar-refractivity contribution in [3.8, 4) is 0 Å². The summed E-state index contributed by atoms with van der Waals surface area (Å²) in [5.41, 5.74) is 0.683. The average Bonchev–Trinajstić information content (AvgIpc) is 2.36. The Balaban J connectivity index is 2.00. The van der Waals surface area contributed by atoms with Crippen molar-refractivity contribution < 1.29 is 9.59 Å². The molecule has 0 saturated carbocycles. The van der Waals surface area contributed by atoms with E-state index in [9.17, 15) is 9.59 Å². The normalized spacial score (nSPS) is 19.1. The highest BCUT2D eigenvalue weighted by Gasteiger charge is 2.26. The van der Waals surface area contributed by atoms with Crippen LogP contribution in [0, 0.1) is 0 Å². The lowest BCUT2D eigenvalue weighted by Crippen LogP contribution is -2.46. The molecule has 1 unspecified atom stereocenters. The van der Waals surface area contributed by atoms with E-state index in [0.717, 1.165) is 4.24 Å². The first kappa shape index (κ1) is 13.2. The Morgan fingerprint density at radius 2 is 2.06 bits per heavy atom. The summed E-state index contributed by atoms with van der Waals surface area (Å²) in [6.07, 6.45) is 4.09. The van der Waals surface area contributed by atoms with E-state index in [1.54, 1.807) is 18.2 Å². The third kappa shape index (κ3) is 3.40. The van der Waals surface area contributed by atoms with Crippen LogP contribution in [0.25, 0.3) is 0 Å². The first-order chi connectivity index (χ1) is 8.69. The number of ketones is 1. The van der Waals surface area contributed by atoms with Gasteiger partial charge in [0.15, 0.2) is 5.78 Å². The molecule has 18 heavy (non-hydrogen) atoms. The molecule has 1 aromatic rings. The zero-order valence-electron chi connectivity index (χ0n) is 9.88. The van der Waals surface area contributed by atoms with Gasteiger partial charge in [0, 0.05) is 15.9 Å². The molecule has 1 aromatic carbocycles. The molecule has 0 bridgehead atoms. The van der Waals surface area contributed by atoms with Gasteiger partial charge in [0.1, 0.15) is 0 Å². The van der Waals surface area contributed by atoms with Gasteiger partial charge in [-0.3, -0.25) is 9.59 Å². The lowest BCUT2D eigenvalue weighted by Gasteiger charge is -2.26. The fourth-order valence-electron chi connectivity index (χ4n) is 1.47. The van der Waals surface area contributed by atoms with Crippen LogP contribution in [0.1, 0.15) is 16.8 Å². The van der Waals surface area contributed by atoms with Crippen molar-refractivity contribution in [1.29, 1.82) is 0 Å². The third-order valence-electron chi connectivity index (χ3n) is 2.46. The summed E-state index contributed by atoms with van der Waals surface area (Å²) < 4.78 is 0.925. The Morgan fingerprint density at radius 1 is 1.39 bits per heavy atom. The van der Waals surface area contributed by atoms with Gasteiger partial charge >= 0.3 is 0 Å². The lowest BCUT2D eigenvalue weighted by atomic mass is 10.1. The first-order valence-corrected chi connectivity index (χ1v) is 7.60. The molecule has 5 heteroatoms. The Kier molecular flexibility index (Phi) is 4.49. The molecule has 1 atom stereocenters. The molecule has 0 radical (unpaired) electrons. The van der Waals surface area contributed by atoms with Gasteiger partial charge < -0.3 is 5.32 Å². The maximum absolute atomic E-state index is 12.0. The zero-order chi connectivity index (χ0) is 13.0. The molecule has 1 fully saturated rings. The van der Waals surface area contributed by atoms with Crippen molar-refractivity contribution in [2.24, 2.45) is 0 Å². The molecule has 1 heterocycles. The van der Waals surface area contributed by atoms with Gasteiger partial charge in [-0.05, 0) is 6.26 Å². The molecule has 1 saturated heterocycles. The molecular weight excluding hydrogens is 266 g/mol. The van der Waals surface area contributed by atoms with Crippen molar-refractivity contribution in [3.05, 3.63) is 46.2 Å². The minimum atomic E-state index is -0.00176. The number of carbonyl (C=O) groups is 2. The largest absolute Gasteiger partial charge is 0.343 e. The summed E-state index contributed by atoms with van der Waals surface area (Å²) in [7, 11) is 0. The quantitative estimate of drug-likeness (QED) is 0.511. The summed E-state index contributed by atoms with van der Waals surface area (Å²) in [6.45, 7) is 0. The Bertz CT molecular complexity index is 477. The lowest BCUT2D eigenvalue weighted by molar-refractivity contribution is -0.126. The number of β-lactam (4-membered cyclic amide) rings is 1. The number of thioether (sulfide) groups is 2. The Labute approximate surface area is 114 Å². The zero-order valence-corrected chi connectivity index (χ0v) is 11.5. The minimum absolute atomic E-state index is 0.00176. The van der Waals surface area contributed by atoms with Crippen molar-refractivity contribution in [1.82, 2.24) is 5.32 Å². The standard InChI is InChI=1S/C13H13NO2S2/c1-17-13(18-12-8-11(16)14-12)7-10(15)9-5-3-2-4-6-9/h2-7,12H,8H2,1H3,(H,14,16)/b13-7+. The van der Waals surface area contributed by atoms with E-state index in [2.05, 4.69) is 5.32 Å². The van der Waals surface area contributed by atoms with Crippen LogP contribution in [0.5, 0.6) is 0 Å². The monoisotopic (exact) mass is 279 g/mol. The number of rotatable bonds is 5. The molecule has 0 aromatic heterocycles. The second-order valence-electron chi connectivity index (χ2n) is 3.78. The SMILES string of the molecule is CS/C(=C\C(=O)c1ccccc1)SC1CC(=O)N1. The minimum Gasteiger partial charge on any atom is -0.343 e. The molecule has 0 aliphatic carbocycles. The van der Waals surface area contributed by atoms with Gasteiger partial charge in [-0.15, -0.1) is 11.8 Å². The van der Waals surface area contributed by atoms with E-state index in [4.69, 9.17) is 0 Å². The second-order valence-corrected chi connectivity index (χ2v) is 6.13. The predicted molar refractivity (Wildman–Crippen MR) is 76.5 cm³/mol. The summed E-state index contributed by atoms with van der Waals surface area (Å²) in [5.74, 6) is 0.0699. The predicted octanol–water partition coefficient (Wildman–Crippen LogP) is 2.65. The molecule has 1 N–H and O–H groups in total. The van der Waals surface area contributed by atoms with E-state index in [0.29, 0.717) is 12.0 Å². The van der Waals surface area contributed by atoms with Gasteiger partial charge in [-0.25, -0.2) is 0 Å². The van der Waals surface area contributed by atoms with E-state index in [1.807, 2.05) is 24.5 Å². The molecule has 1 amide bonds. The van der Waals surface area contributed by atoms with Crippen LogP contribution < -0.4 is 5.32 Å². The van der Waals surface area contributed by atoms with Crippen LogP contribution in [0.2, 0.25) is 0 Å². The van der Waals surface area contributed by atoms with Gasteiger partial charge in [0.2, 0.25) is 5.91 Å². The summed E-state index contributed by atoms with van der Waals surface area (Å²) >= 11 is 3.05. The topological polar surface area (TPSA) is 46.2 Å². The van der Waals surface area contributed by atoms with Crippen molar-refractivity contribution >= 4 is 35.2 Å². The number of hydrogen-bond acceptors (Lipinski definition) is 4. The fourth-order valence-corrected chi connectivity index (χ4v) is 3.31. The highest BCUT2D eigenvalue weighted by molar-refractivity contribution is 8.22. The average molecular weight is 279 g/mol. The first-order valence-electron chi connectivity index (χ1n) is 5.50. The molecule has 0 spiro atoms. The van der Waals surface area contributed by atoms with Gasteiger partial charge in [-0.2, -0.15) is 0 Å². The fraction of sp³-hybridized carbons (Fsp3) is 0.231. The van der Waals surface area contributed by atoms with Gasteiger partial charge in [-0.1, -0.05) is 42.1 Å². The van der Waals surface area contributed by atoms with Crippen molar-refractivity contribution in [3.63, 3.8) is 0 Å². The molecule has 1 aliphatic heterocycles. The molecule has 3 nitrogen and oxygen atoms in total. The van der Waals surface area contributed by atoms with Crippen LogP contribution >= 0.6 is 23.5 Å². The number of amides is 1. The number of nitrogens with one attached hydrogen (secondary N) is 1. The van der Waals surface area contributed by atoms with E-state index in [-0.39, 0.29) is 17.1 Å². The van der Waals surface area contributed by atoms with Gasteiger partial charge in [0.25, 0.3) is 0 Å². The maximum Gasteiger partial charge on any atom is 0.223 e. The second kappa shape index (κ2) is 6.11. The smallest absolute Gasteiger partial charge is 0.223 e. The van der Waals surface area contributed by atoms with Gasteiger partial charge in [0.05, 0.1) is 11.8 Å². The van der Waals surface area contributed by atoms with E-state index >= 15 is 0 Å². The van der Waals surface area contributed by atoms with Crippen LogP contribution in [-0.4, -0.2) is 23.3 Å². The molecule has 2 rings (SSSR count). The Morgan fingerprint density at radius 3 is 2.61 bits per heavy atom. The van der Waals surface area contributed by atoms with Crippen LogP contribution in [-0.2, 0) is 4.79 Å². The van der Waals surface area contributed by atoms with E-state index < -0.39 is 0 Å². The maximum atomic E-state index is 12.0. The third-order valence-corrected chi connectivity index (χ3v) is 4.69. The van der Waals surface area contributed by atoms with Crippen LogP contribution in [0.15, 0.2) is 40.6 Å². The summed E-state index contributed by atoms with van der Waals surface area (Å²) in [5, 5.41) is 2.89. The van der Waals surface area contributed by atoms with E-state index in [1.165, 1.54) is 23.5 Å². The highest BCUT2D eigenvalue weighted by Crippen LogP contribution is 2.33. The number of carbonyl (C=O) groups excluding carboxylic acids is 2. The summed E-state index contributed by atoms with van der Waals surface area (Å²) in [6, 6.07) is 9.17. The highest BCUT2D eigenvalue weighted by atomic mass is 32.2. The number of benzene rings is 1. The van der Waals surface area contributed by atoms with Crippen LogP contribution in [0.3, 0.4) is 0 Å². The van der Waals surface area contributed by atoms with Crippen molar-refractivity contribution in [2.75, 3.05) is 6.26 Å². The molecular formula is C13H13NO2S2. The molecule has 94 valence electrons. The summed E-state index contributed by atoms with van der Waals surface area (Å²) in [4.78, 5) is 22.8. The number of allylic oxidation sites excluding steroid dienone is 1. The Hall–Kier alpha value is -1.20. The van der Waals surface area contributed by atoms with Crippen molar-refractivity contribution in [2.45, 2.75) is 11.8 Å².